The van der Waals surface area contributed by atoms with Crippen LogP contribution in [-0.2, 0) is 0 Å². The van der Waals surface area contributed by atoms with Gasteiger partial charge in [-0.25, -0.2) is 4.39 Å². The van der Waals surface area contributed by atoms with Crippen LogP contribution in [0, 0.1) is 18.2 Å². The molecule has 0 aliphatic carbocycles. The third-order valence-corrected chi connectivity index (χ3v) is 2.74. The van der Waals surface area contributed by atoms with Crippen molar-refractivity contribution in [1.82, 2.24) is 5.32 Å². The lowest BCUT2D eigenvalue weighted by molar-refractivity contribution is 0.291. The molecule has 0 aromatic heterocycles. The summed E-state index contributed by atoms with van der Waals surface area (Å²) < 4.78 is 19.0. The van der Waals surface area contributed by atoms with Crippen molar-refractivity contribution >= 4 is 0 Å². The molecule has 0 atom stereocenters. The van der Waals surface area contributed by atoms with Gasteiger partial charge in [-0.15, -0.1) is 0 Å². The molecule has 0 bridgehead atoms. The predicted molar refractivity (Wildman–Crippen MR) is 73.6 cm³/mol. The Morgan fingerprint density at radius 2 is 1.94 bits per heavy atom. The van der Waals surface area contributed by atoms with Crippen molar-refractivity contribution in [2.24, 2.45) is 5.41 Å². The highest BCUT2D eigenvalue weighted by molar-refractivity contribution is 5.29. The van der Waals surface area contributed by atoms with Crippen molar-refractivity contribution in [3.8, 4) is 5.75 Å². The Bertz CT molecular complexity index is 371. The van der Waals surface area contributed by atoms with Crippen LogP contribution >= 0.6 is 0 Å². The average molecular weight is 253 g/mol. The van der Waals surface area contributed by atoms with Gasteiger partial charge in [-0.1, -0.05) is 32.9 Å². The molecule has 1 aromatic carbocycles. The van der Waals surface area contributed by atoms with Crippen molar-refractivity contribution in [3.05, 3.63) is 29.6 Å². The minimum atomic E-state index is -0.257. The molecule has 1 rings (SSSR count). The van der Waals surface area contributed by atoms with E-state index in [0.29, 0.717) is 23.3 Å². The molecule has 2 nitrogen and oxygen atoms in total. The Labute approximate surface area is 110 Å². The Balaban J connectivity index is 2.20. The van der Waals surface area contributed by atoms with Crippen LogP contribution < -0.4 is 10.1 Å². The van der Waals surface area contributed by atoms with E-state index >= 15 is 0 Å². The molecule has 0 saturated carbocycles. The van der Waals surface area contributed by atoms with Crippen LogP contribution in [0.1, 0.15) is 32.8 Å². The Morgan fingerprint density at radius 3 is 2.61 bits per heavy atom. The lowest BCUT2D eigenvalue weighted by Gasteiger charge is -2.18. The van der Waals surface area contributed by atoms with Gasteiger partial charge in [-0.05, 0) is 36.9 Å². The van der Waals surface area contributed by atoms with Crippen LogP contribution in [0.5, 0.6) is 5.75 Å². The minimum Gasteiger partial charge on any atom is -0.489 e. The first kappa shape index (κ1) is 15.0. The van der Waals surface area contributed by atoms with Gasteiger partial charge in [0.1, 0.15) is 6.61 Å². The summed E-state index contributed by atoms with van der Waals surface area (Å²) in [5.74, 6) is 0.0832. The third kappa shape index (κ3) is 5.50. The molecule has 3 heteroatoms. The van der Waals surface area contributed by atoms with Crippen LogP contribution in [0.3, 0.4) is 0 Å². The third-order valence-electron chi connectivity index (χ3n) is 2.74. The SMILES string of the molecule is Cc1cccc(OCCNCCC(C)(C)C)c1F. The number of aryl methyl sites for hydroxylation is 1. The van der Waals surface area contributed by atoms with E-state index < -0.39 is 0 Å². The molecular weight excluding hydrogens is 229 g/mol. The van der Waals surface area contributed by atoms with Gasteiger partial charge in [0.05, 0.1) is 0 Å². The summed E-state index contributed by atoms with van der Waals surface area (Å²) in [4.78, 5) is 0. The lowest BCUT2D eigenvalue weighted by atomic mass is 9.92. The summed E-state index contributed by atoms with van der Waals surface area (Å²) in [5.41, 5.74) is 0.962. The van der Waals surface area contributed by atoms with Gasteiger partial charge in [-0.3, -0.25) is 0 Å². The van der Waals surface area contributed by atoms with Crippen molar-refractivity contribution in [1.29, 1.82) is 0 Å². The second-order valence-corrected chi connectivity index (χ2v) is 5.80. The summed E-state index contributed by atoms with van der Waals surface area (Å²) in [5, 5.41) is 3.30. The molecule has 18 heavy (non-hydrogen) atoms. The Morgan fingerprint density at radius 1 is 1.22 bits per heavy atom. The topological polar surface area (TPSA) is 21.3 Å². The van der Waals surface area contributed by atoms with Gasteiger partial charge >= 0.3 is 0 Å². The standard InChI is InChI=1S/C15H24FNO/c1-12-6-5-7-13(14(12)16)18-11-10-17-9-8-15(2,3)4/h5-7,17H,8-11H2,1-4H3. The number of nitrogens with one attached hydrogen (secondary N) is 1. The average Bonchev–Trinajstić information content (AvgIpc) is 2.27. The second-order valence-electron chi connectivity index (χ2n) is 5.80. The van der Waals surface area contributed by atoms with E-state index in [9.17, 15) is 4.39 Å². The molecule has 0 radical (unpaired) electrons. The maximum Gasteiger partial charge on any atom is 0.167 e. The molecule has 0 heterocycles. The van der Waals surface area contributed by atoms with E-state index in [0.717, 1.165) is 19.5 Å². The smallest absolute Gasteiger partial charge is 0.167 e. The zero-order valence-corrected chi connectivity index (χ0v) is 11.8. The molecule has 102 valence electrons. The highest BCUT2D eigenvalue weighted by Gasteiger charge is 2.09. The molecule has 0 aliphatic heterocycles. The van der Waals surface area contributed by atoms with Crippen LogP contribution in [0.25, 0.3) is 0 Å². The normalized spacial score (nSPS) is 11.6. The maximum atomic E-state index is 13.6. The highest BCUT2D eigenvalue weighted by Crippen LogP contribution is 2.19. The summed E-state index contributed by atoms with van der Waals surface area (Å²) >= 11 is 0. The summed E-state index contributed by atoms with van der Waals surface area (Å²) in [6, 6.07) is 5.21. The molecular formula is C15H24FNO. The van der Waals surface area contributed by atoms with Crippen molar-refractivity contribution in [2.45, 2.75) is 34.1 Å². The number of ether oxygens (including phenoxy) is 1. The number of halogens is 1. The van der Waals surface area contributed by atoms with Crippen LogP contribution in [0.2, 0.25) is 0 Å². The van der Waals surface area contributed by atoms with Gasteiger partial charge in [0.25, 0.3) is 0 Å². The largest absolute Gasteiger partial charge is 0.489 e. The number of rotatable bonds is 6. The number of hydrogen-bond acceptors (Lipinski definition) is 2. The van der Waals surface area contributed by atoms with Gasteiger partial charge < -0.3 is 10.1 Å². The van der Waals surface area contributed by atoms with Crippen LogP contribution in [0.4, 0.5) is 4.39 Å². The first-order chi connectivity index (χ1) is 8.40. The first-order valence-corrected chi connectivity index (χ1v) is 6.49. The van der Waals surface area contributed by atoms with E-state index in [1.165, 1.54) is 0 Å². The molecule has 1 aromatic rings. The monoisotopic (exact) mass is 253 g/mol. The van der Waals surface area contributed by atoms with Gasteiger partial charge in [-0.2, -0.15) is 0 Å². The summed E-state index contributed by atoms with van der Waals surface area (Å²) in [6.07, 6.45) is 1.12. The van der Waals surface area contributed by atoms with Crippen molar-refractivity contribution in [3.63, 3.8) is 0 Å². The highest BCUT2D eigenvalue weighted by atomic mass is 19.1. The Kier molecular flexibility index (Phi) is 5.60. The molecule has 1 N–H and O–H groups in total. The van der Waals surface area contributed by atoms with Crippen molar-refractivity contribution < 1.29 is 9.13 Å². The maximum absolute atomic E-state index is 13.6. The fraction of sp³-hybridized carbons (Fsp3) is 0.600. The van der Waals surface area contributed by atoms with Crippen LogP contribution in [-0.4, -0.2) is 19.7 Å². The zero-order valence-electron chi connectivity index (χ0n) is 11.8. The molecule has 0 saturated heterocycles. The minimum absolute atomic E-state index is 0.257. The van der Waals surface area contributed by atoms with E-state index in [2.05, 4.69) is 26.1 Å². The van der Waals surface area contributed by atoms with E-state index in [1.807, 2.05) is 0 Å². The number of benzene rings is 1. The zero-order chi connectivity index (χ0) is 13.6. The lowest BCUT2D eigenvalue weighted by Crippen LogP contribution is -2.25. The molecule has 0 amide bonds. The molecule has 0 aliphatic rings. The molecule has 0 spiro atoms. The van der Waals surface area contributed by atoms with Gasteiger partial charge in [0, 0.05) is 6.54 Å². The van der Waals surface area contributed by atoms with Crippen LogP contribution in [0.15, 0.2) is 18.2 Å². The predicted octanol–water partition coefficient (Wildman–Crippen LogP) is 3.54. The van der Waals surface area contributed by atoms with Gasteiger partial charge in [0.15, 0.2) is 11.6 Å². The van der Waals surface area contributed by atoms with E-state index in [1.54, 1.807) is 25.1 Å². The number of hydrogen-bond donors (Lipinski definition) is 1. The quantitative estimate of drug-likeness (QED) is 0.783. The van der Waals surface area contributed by atoms with E-state index in [-0.39, 0.29) is 5.82 Å². The first-order valence-electron chi connectivity index (χ1n) is 6.49. The fourth-order valence-electron chi connectivity index (χ4n) is 1.55. The molecule has 0 unspecified atom stereocenters. The van der Waals surface area contributed by atoms with Gasteiger partial charge in [0.2, 0.25) is 0 Å². The fourth-order valence-corrected chi connectivity index (χ4v) is 1.55. The molecule has 0 fully saturated rings. The Hall–Kier alpha value is -1.09. The summed E-state index contributed by atoms with van der Waals surface area (Å²) in [7, 11) is 0. The summed E-state index contributed by atoms with van der Waals surface area (Å²) in [6.45, 7) is 10.6. The second kappa shape index (κ2) is 6.74. The van der Waals surface area contributed by atoms with E-state index in [4.69, 9.17) is 4.74 Å². The van der Waals surface area contributed by atoms with Crippen molar-refractivity contribution in [2.75, 3.05) is 19.7 Å².